The maximum absolute atomic E-state index is 11.9. The number of aliphatic hydroxyl groups is 2. The van der Waals surface area contributed by atoms with Crippen molar-refractivity contribution in [3.63, 3.8) is 0 Å². The van der Waals surface area contributed by atoms with Crippen molar-refractivity contribution in [3.05, 3.63) is 24.2 Å². The third-order valence-electron chi connectivity index (χ3n) is 4.24. The molecular weight excluding hydrogens is 386 g/mol. The van der Waals surface area contributed by atoms with Crippen molar-refractivity contribution in [2.45, 2.75) is 49.4 Å². The molecule has 2 aromatic rings. The van der Waals surface area contributed by atoms with E-state index in [0.717, 1.165) is 11.8 Å². The molecule has 0 spiro atoms. The van der Waals surface area contributed by atoms with Crippen LogP contribution in [0.1, 0.15) is 26.5 Å². The van der Waals surface area contributed by atoms with Gasteiger partial charge in [0.15, 0.2) is 5.82 Å². The fourth-order valence-corrected chi connectivity index (χ4v) is 3.61. The third-order valence-corrected chi connectivity index (χ3v) is 5.14. The van der Waals surface area contributed by atoms with Crippen molar-refractivity contribution in [2.75, 3.05) is 12.3 Å². The lowest BCUT2D eigenvalue weighted by molar-refractivity contribution is -0.0642. The first kappa shape index (κ1) is 20.3. The van der Waals surface area contributed by atoms with E-state index in [1.807, 2.05) is 26.8 Å². The highest BCUT2D eigenvalue weighted by Gasteiger charge is 2.57. The Kier molecular flexibility index (Phi) is 5.24. The van der Waals surface area contributed by atoms with Crippen LogP contribution in [0.4, 0.5) is 10.6 Å². The zero-order chi connectivity index (χ0) is 20.7. The second kappa shape index (κ2) is 7.21. The number of fused-ring (bicyclic) bond motifs is 1. The number of aliphatic hydroxyl groups excluding tert-OH is 2. The first-order valence-corrected chi connectivity index (χ1v) is 9.30. The van der Waals surface area contributed by atoms with E-state index in [9.17, 15) is 20.3 Å². The number of nitrogens with zero attached hydrogens (tertiary/aromatic N) is 4. The fourth-order valence-electron chi connectivity index (χ4n) is 2.98. The Morgan fingerprint density at radius 1 is 1.50 bits per heavy atom. The van der Waals surface area contributed by atoms with Crippen LogP contribution >= 0.6 is 11.8 Å². The van der Waals surface area contributed by atoms with Crippen LogP contribution in [0.25, 0.3) is 5.52 Å². The van der Waals surface area contributed by atoms with Gasteiger partial charge in [-0.15, -0.1) is 0 Å². The highest BCUT2D eigenvalue weighted by Crippen LogP contribution is 2.40. The molecule has 1 aliphatic heterocycles. The molecule has 4 N–H and O–H groups in total. The van der Waals surface area contributed by atoms with Crippen LogP contribution in [0.5, 0.6) is 0 Å². The SMILES string of the molecule is CC(C)(C)SC(=O)OC[C@H]1O[C@@](C#N)(c2ccc3c(N)ncnn23)[C@H](O)[C@@H]1O. The van der Waals surface area contributed by atoms with Crippen molar-refractivity contribution >= 4 is 28.4 Å². The summed E-state index contributed by atoms with van der Waals surface area (Å²) in [4.78, 5) is 15.8. The normalized spacial score (nSPS) is 27.6. The van der Waals surface area contributed by atoms with Crippen LogP contribution in [-0.4, -0.2) is 59.8 Å². The zero-order valence-electron chi connectivity index (χ0n) is 15.6. The number of nitrogen functional groups attached to an aromatic ring is 1. The minimum atomic E-state index is -1.92. The summed E-state index contributed by atoms with van der Waals surface area (Å²) in [5.74, 6) is 0.187. The molecule has 4 atom stereocenters. The maximum Gasteiger partial charge on any atom is 0.367 e. The van der Waals surface area contributed by atoms with E-state index in [-0.39, 0.29) is 22.9 Å². The molecule has 0 aliphatic carbocycles. The summed E-state index contributed by atoms with van der Waals surface area (Å²) in [6, 6.07) is 5.03. The van der Waals surface area contributed by atoms with Crippen LogP contribution in [0.15, 0.2) is 18.5 Å². The minimum Gasteiger partial charge on any atom is -0.455 e. The van der Waals surface area contributed by atoms with Crippen LogP contribution in [0.2, 0.25) is 0 Å². The van der Waals surface area contributed by atoms with Crippen molar-refractivity contribution in [1.29, 1.82) is 5.26 Å². The molecule has 0 aromatic carbocycles. The van der Waals surface area contributed by atoms with Gasteiger partial charge in [0.25, 0.3) is 0 Å². The van der Waals surface area contributed by atoms with E-state index in [4.69, 9.17) is 15.2 Å². The Bertz CT molecular complexity index is 936. The third kappa shape index (κ3) is 3.51. The zero-order valence-corrected chi connectivity index (χ0v) is 16.4. The molecule has 3 rings (SSSR count). The lowest BCUT2D eigenvalue weighted by Crippen LogP contribution is -2.41. The molecular formula is C17H21N5O5S. The molecule has 3 heterocycles. The topological polar surface area (TPSA) is 156 Å². The number of nitriles is 1. The lowest BCUT2D eigenvalue weighted by atomic mass is 9.92. The highest BCUT2D eigenvalue weighted by atomic mass is 32.2. The number of thioether (sulfide) groups is 1. The van der Waals surface area contributed by atoms with E-state index in [0.29, 0.717) is 5.52 Å². The van der Waals surface area contributed by atoms with Gasteiger partial charge in [-0.3, -0.25) is 0 Å². The molecule has 2 aromatic heterocycles. The van der Waals surface area contributed by atoms with E-state index in [2.05, 4.69) is 10.1 Å². The van der Waals surface area contributed by atoms with Crippen LogP contribution in [0, 0.1) is 11.3 Å². The van der Waals surface area contributed by atoms with E-state index < -0.39 is 29.2 Å². The summed E-state index contributed by atoms with van der Waals surface area (Å²) in [6.07, 6.45) is -2.93. The number of nitrogens with two attached hydrogens (primary N) is 1. The number of carbonyl (C=O) groups excluding carboxylic acids is 1. The molecule has 1 aliphatic rings. The molecule has 1 saturated heterocycles. The van der Waals surface area contributed by atoms with Crippen molar-refractivity contribution in [3.8, 4) is 6.07 Å². The summed E-state index contributed by atoms with van der Waals surface area (Å²) in [6.45, 7) is 5.25. The fraction of sp³-hybridized carbons (Fsp3) is 0.529. The van der Waals surface area contributed by atoms with E-state index >= 15 is 0 Å². The second-order valence-electron chi connectivity index (χ2n) is 7.38. The predicted octanol–water partition coefficient (Wildman–Crippen LogP) is 0.819. The number of rotatable bonds is 3. The predicted molar refractivity (Wildman–Crippen MR) is 100 cm³/mol. The number of ether oxygens (including phenoxy) is 2. The van der Waals surface area contributed by atoms with Crippen molar-refractivity contribution in [2.24, 2.45) is 0 Å². The average Bonchev–Trinajstić information content (AvgIpc) is 3.15. The molecule has 28 heavy (non-hydrogen) atoms. The summed E-state index contributed by atoms with van der Waals surface area (Å²) in [7, 11) is 0. The first-order valence-electron chi connectivity index (χ1n) is 8.49. The van der Waals surface area contributed by atoms with Gasteiger partial charge in [0.1, 0.15) is 42.8 Å². The number of hydrogen-bond acceptors (Lipinski definition) is 10. The molecule has 0 bridgehead atoms. The van der Waals surface area contributed by atoms with Crippen LogP contribution in [-0.2, 0) is 15.1 Å². The molecule has 0 saturated carbocycles. The quantitative estimate of drug-likeness (QED) is 0.622. The molecule has 0 amide bonds. The smallest absolute Gasteiger partial charge is 0.367 e. The van der Waals surface area contributed by atoms with Gasteiger partial charge >= 0.3 is 5.30 Å². The molecule has 0 unspecified atom stereocenters. The van der Waals surface area contributed by atoms with Gasteiger partial charge in [0.05, 0.1) is 5.69 Å². The Morgan fingerprint density at radius 2 is 2.21 bits per heavy atom. The van der Waals surface area contributed by atoms with Crippen LogP contribution in [0.3, 0.4) is 0 Å². The number of aromatic nitrogens is 3. The lowest BCUT2D eigenvalue weighted by Gasteiger charge is -2.24. The summed E-state index contributed by atoms with van der Waals surface area (Å²) < 4.78 is 11.9. The summed E-state index contributed by atoms with van der Waals surface area (Å²) >= 11 is 0.988. The van der Waals surface area contributed by atoms with Gasteiger partial charge in [-0.1, -0.05) is 20.8 Å². The van der Waals surface area contributed by atoms with Gasteiger partial charge < -0.3 is 25.4 Å². The molecule has 150 valence electrons. The Labute approximate surface area is 165 Å². The number of carbonyl (C=O) groups is 1. The second-order valence-corrected chi connectivity index (χ2v) is 9.14. The average molecular weight is 407 g/mol. The number of hydrogen-bond donors (Lipinski definition) is 3. The molecule has 10 nitrogen and oxygen atoms in total. The monoisotopic (exact) mass is 407 g/mol. The largest absolute Gasteiger partial charge is 0.455 e. The maximum atomic E-state index is 11.9. The van der Waals surface area contributed by atoms with Crippen LogP contribution < -0.4 is 5.73 Å². The number of anilines is 1. The Hall–Kier alpha value is -2.39. The van der Waals surface area contributed by atoms with Gasteiger partial charge in [-0.2, -0.15) is 10.4 Å². The molecule has 11 heteroatoms. The van der Waals surface area contributed by atoms with Gasteiger partial charge in [0, 0.05) is 4.75 Å². The summed E-state index contributed by atoms with van der Waals surface area (Å²) in [5.41, 5.74) is 4.50. The Morgan fingerprint density at radius 3 is 2.86 bits per heavy atom. The van der Waals surface area contributed by atoms with Gasteiger partial charge in [-0.05, 0) is 23.9 Å². The Balaban J connectivity index is 1.86. The van der Waals surface area contributed by atoms with E-state index in [1.165, 1.54) is 16.9 Å². The first-order chi connectivity index (χ1) is 13.1. The molecule has 0 radical (unpaired) electrons. The van der Waals surface area contributed by atoms with Crippen molar-refractivity contribution < 1.29 is 24.5 Å². The van der Waals surface area contributed by atoms with Gasteiger partial charge in [-0.25, -0.2) is 14.3 Å². The van der Waals surface area contributed by atoms with Crippen molar-refractivity contribution in [1.82, 2.24) is 14.6 Å². The molecule has 1 fully saturated rings. The summed E-state index contributed by atoms with van der Waals surface area (Å²) in [5, 5.41) is 34.3. The standard InChI is InChI=1S/C17H21N5O5S/c1-16(2,3)28-15(25)26-6-10-12(23)13(24)17(7-18,27-10)11-5-4-9-14(19)20-8-21-22(9)11/h4-5,8,10,12-13,23-24H,6H2,1-3H3,(H2,19,20,21)/t10-,12-,13-,17+/m1/s1. The highest BCUT2D eigenvalue weighted by molar-refractivity contribution is 8.14. The van der Waals surface area contributed by atoms with E-state index in [1.54, 1.807) is 6.07 Å². The minimum absolute atomic E-state index is 0.184. The van der Waals surface area contributed by atoms with Gasteiger partial charge in [0.2, 0.25) is 5.60 Å².